The van der Waals surface area contributed by atoms with Gasteiger partial charge in [-0.15, -0.1) is 11.6 Å². The molecule has 0 atom stereocenters. The number of aromatic nitrogens is 2. The van der Waals surface area contributed by atoms with Gasteiger partial charge in [-0.3, -0.25) is 14.3 Å². The van der Waals surface area contributed by atoms with Crippen LogP contribution in [-0.4, -0.2) is 46.3 Å². The van der Waals surface area contributed by atoms with Crippen molar-refractivity contribution in [2.24, 2.45) is 0 Å². The highest BCUT2D eigenvalue weighted by Crippen LogP contribution is 2.28. The van der Waals surface area contributed by atoms with Crippen LogP contribution in [-0.2, 0) is 11.3 Å². The van der Waals surface area contributed by atoms with Gasteiger partial charge in [0.25, 0.3) is 5.91 Å². The molecule has 2 N–H and O–H groups in total. The first-order valence-corrected chi connectivity index (χ1v) is 15.8. The van der Waals surface area contributed by atoms with E-state index in [0.717, 1.165) is 51.6 Å². The number of rotatable bonds is 14. The number of carboxylic acids is 1. The first kappa shape index (κ1) is 35.9. The summed E-state index contributed by atoms with van der Waals surface area (Å²) in [5.74, 6) is 0.0518. The van der Waals surface area contributed by atoms with Gasteiger partial charge in [-0.2, -0.15) is 5.10 Å². The van der Waals surface area contributed by atoms with E-state index >= 15 is 0 Å². The molecule has 1 heterocycles. The van der Waals surface area contributed by atoms with Gasteiger partial charge in [-0.05, 0) is 59.5 Å². The maximum Gasteiger partial charge on any atom is 0.305 e. The van der Waals surface area contributed by atoms with Crippen molar-refractivity contribution >= 4 is 35.1 Å². The molecule has 0 unspecified atom stereocenters. The number of benzene rings is 3. The summed E-state index contributed by atoms with van der Waals surface area (Å²) in [5, 5.41) is 16.6. The van der Waals surface area contributed by atoms with Crippen molar-refractivity contribution < 1.29 is 19.4 Å². The molecule has 1 amide bonds. The van der Waals surface area contributed by atoms with Gasteiger partial charge >= 0.3 is 5.97 Å². The van der Waals surface area contributed by atoms with E-state index in [2.05, 4.69) is 54.3 Å². The Morgan fingerprint density at radius 3 is 2.35 bits per heavy atom. The maximum atomic E-state index is 12.2. The number of hydrogen-bond donors (Lipinski definition) is 2. The fourth-order valence-corrected chi connectivity index (χ4v) is 4.87. The molecule has 0 saturated heterocycles. The molecule has 0 aliphatic heterocycles. The average Bonchev–Trinajstić information content (AvgIpc) is 3.54. The molecular formula is C37H39Cl2N3O4. The molecule has 0 radical (unpaired) electrons. The standard InChI is InChI=1S/C27H25N3O4.C10H14Cl2/c1-34-24-7-3-5-22(17-24)21-4-2-6-23(16-21)25-12-15-29-30(25)18-19-8-10-20(11-9-19)27(33)28-14-13-26(31)32;1-3-9(4-2)5-6-10(12)7-8-11/h2-12,15-17H,13-14,18H2,1H3,(H,28,33)(H,31,32);3,5,7H,1,4,6,8H2,2H3/b;9-5+,10-7+. The maximum absolute atomic E-state index is 12.2. The smallest absolute Gasteiger partial charge is 0.305 e. The van der Waals surface area contributed by atoms with E-state index in [1.165, 1.54) is 5.57 Å². The zero-order valence-electron chi connectivity index (χ0n) is 26.1. The normalized spacial score (nSPS) is 11.3. The molecule has 46 heavy (non-hydrogen) atoms. The molecule has 240 valence electrons. The number of carboxylic acid groups (broad SMARTS) is 1. The van der Waals surface area contributed by atoms with Gasteiger partial charge in [0.1, 0.15) is 5.75 Å². The lowest BCUT2D eigenvalue weighted by atomic mass is 10.0. The van der Waals surface area contributed by atoms with Gasteiger partial charge in [-0.1, -0.05) is 91.4 Å². The van der Waals surface area contributed by atoms with Crippen molar-refractivity contribution in [2.75, 3.05) is 19.5 Å². The number of amides is 1. The van der Waals surface area contributed by atoms with Gasteiger partial charge in [0.05, 0.1) is 25.8 Å². The SMILES string of the molecule is C=C/C(=C\C/C(Cl)=C\CCl)CC.COc1cccc(-c2cccc(-c3ccnn3Cc3ccc(C(=O)NCCC(=O)O)cc3)c2)c1. The minimum absolute atomic E-state index is 0.0986. The van der Waals surface area contributed by atoms with Gasteiger partial charge in [0.15, 0.2) is 0 Å². The minimum atomic E-state index is -0.945. The Hall–Kier alpha value is -4.59. The average molecular weight is 661 g/mol. The second-order valence-electron chi connectivity index (χ2n) is 10.1. The summed E-state index contributed by atoms with van der Waals surface area (Å²) in [6.45, 7) is 6.44. The fourth-order valence-electron chi connectivity index (χ4n) is 4.45. The lowest BCUT2D eigenvalue weighted by Gasteiger charge is -2.11. The molecule has 0 spiro atoms. The van der Waals surface area contributed by atoms with E-state index in [9.17, 15) is 9.59 Å². The molecule has 4 rings (SSSR count). The predicted molar refractivity (Wildman–Crippen MR) is 188 cm³/mol. The van der Waals surface area contributed by atoms with Gasteiger partial charge < -0.3 is 15.2 Å². The highest BCUT2D eigenvalue weighted by Gasteiger charge is 2.10. The molecular weight excluding hydrogens is 621 g/mol. The number of alkyl halides is 1. The largest absolute Gasteiger partial charge is 0.497 e. The third-order valence-corrected chi connectivity index (χ3v) is 7.44. The van der Waals surface area contributed by atoms with Crippen LogP contribution < -0.4 is 10.1 Å². The van der Waals surface area contributed by atoms with E-state index < -0.39 is 5.97 Å². The molecule has 9 heteroatoms. The highest BCUT2D eigenvalue weighted by molar-refractivity contribution is 6.30. The number of halogens is 2. The van der Waals surface area contributed by atoms with E-state index in [-0.39, 0.29) is 18.9 Å². The quantitative estimate of drug-likeness (QED) is 0.104. The van der Waals surface area contributed by atoms with Crippen LogP contribution in [0.5, 0.6) is 5.75 Å². The van der Waals surface area contributed by atoms with Crippen molar-refractivity contribution in [1.29, 1.82) is 0 Å². The molecule has 0 bridgehead atoms. The number of nitrogens with one attached hydrogen (secondary N) is 1. The highest BCUT2D eigenvalue weighted by atomic mass is 35.5. The topological polar surface area (TPSA) is 93.5 Å². The van der Waals surface area contributed by atoms with E-state index in [4.69, 9.17) is 33.0 Å². The number of methoxy groups -OCH3 is 1. The molecule has 0 fully saturated rings. The second kappa shape index (κ2) is 19.0. The predicted octanol–water partition coefficient (Wildman–Crippen LogP) is 8.74. The van der Waals surface area contributed by atoms with Crippen molar-refractivity contribution in [2.45, 2.75) is 32.7 Å². The Bertz CT molecular complexity index is 1660. The lowest BCUT2D eigenvalue weighted by molar-refractivity contribution is -0.136. The molecule has 7 nitrogen and oxygen atoms in total. The number of nitrogens with zero attached hydrogens (tertiary/aromatic N) is 2. The Balaban J connectivity index is 0.000000409. The number of ether oxygens (including phenoxy) is 1. The molecule has 1 aromatic heterocycles. The number of hydrogen-bond acceptors (Lipinski definition) is 4. The summed E-state index contributed by atoms with van der Waals surface area (Å²) >= 11 is 11.3. The number of allylic oxidation sites excluding steroid dienone is 5. The fraction of sp³-hybridized carbons (Fsp3) is 0.216. The van der Waals surface area contributed by atoms with E-state index in [1.54, 1.807) is 31.5 Å². The summed E-state index contributed by atoms with van der Waals surface area (Å²) in [4.78, 5) is 22.7. The molecule has 3 aromatic carbocycles. The van der Waals surface area contributed by atoms with Crippen LogP contribution in [0.15, 0.2) is 120 Å². The van der Waals surface area contributed by atoms with Crippen LogP contribution in [0.25, 0.3) is 22.4 Å². The monoisotopic (exact) mass is 659 g/mol. The van der Waals surface area contributed by atoms with Gasteiger partial charge in [0, 0.05) is 41.2 Å². The van der Waals surface area contributed by atoms with Crippen LogP contribution in [0.1, 0.15) is 42.1 Å². The van der Waals surface area contributed by atoms with Crippen LogP contribution in [0, 0.1) is 0 Å². The second-order valence-corrected chi connectivity index (χ2v) is 10.9. The Morgan fingerprint density at radius 1 is 1.00 bits per heavy atom. The molecule has 0 aliphatic carbocycles. The molecule has 0 aliphatic rings. The third kappa shape index (κ3) is 11.4. The zero-order valence-corrected chi connectivity index (χ0v) is 27.6. The van der Waals surface area contributed by atoms with E-state index in [1.807, 2.05) is 53.2 Å². The Labute approximate surface area is 280 Å². The summed E-state index contributed by atoms with van der Waals surface area (Å²) in [5.41, 5.74) is 6.90. The van der Waals surface area contributed by atoms with Crippen molar-refractivity contribution in [1.82, 2.24) is 15.1 Å². The first-order chi connectivity index (χ1) is 22.3. The van der Waals surface area contributed by atoms with Crippen LogP contribution in [0.4, 0.5) is 0 Å². The summed E-state index contributed by atoms with van der Waals surface area (Å²) in [6, 6.07) is 25.5. The zero-order chi connectivity index (χ0) is 33.3. The molecule has 4 aromatic rings. The first-order valence-electron chi connectivity index (χ1n) is 14.9. The van der Waals surface area contributed by atoms with Crippen molar-refractivity contribution in [3.8, 4) is 28.1 Å². The third-order valence-electron chi connectivity index (χ3n) is 6.98. The summed E-state index contributed by atoms with van der Waals surface area (Å²) in [6.07, 6.45) is 9.14. The van der Waals surface area contributed by atoms with E-state index in [0.29, 0.717) is 18.0 Å². The Morgan fingerprint density at radius 2 is 1.70 bits per heavy atom. The summed E-state index contributed by atoms with van der Waals surface area (Å²) < 4.78 is 7.28. The lowest BCUT2D eigenvalue weighted by Crippen LogP contribution is -2.25. The number of carbonyl (C=O) groups is 2. The number of aliphatic carboxylic acids is 1. The van der Waals surface area contributed by atoms with Crippen molar-refractivity contribution in [3.63, 3.8) is 0 Å². The molecule has 0 saturated carbocycles. The van der Waals surface area contributed by atoms with Gasteiger partial charge in [-0.25, -0.2) is 0 Å². The number of carbonyl (C=O) groups excluding carboxylic acids is 1. The summed E-state index contributed by atoms with van der Waals surface area (Å²) in [7, 11) is 1.66. The van der Waals surface area contributed by atoms with Crippen molar-refractivity contribution in [3.05, 3.63) is 132 Å². The van der Waals surface area contributed by atoms with Gasteiger partial charge in [0.2, 0.25) is 0 Å². The van der Waals surface area contributed by atoms with Crippen LogP contribution >= 0.6 is 23.2 Å². The van der Waals surface area contributed by atoms with Crippen LogP contribution in [0.2, 0.25) is 0 Å². The van der Waals surface area contributed by atoms with Crippen LogP contribution in [0.3, 0.4) is 0 Å². The minimum Gasteiger partial charge on any atom is -0.497 e. The Kier molecular flexibility index (Phi) is 14.9.